The second-order valence-electron chi connectivity index (χ2n) is 27.0. The molecule has 614 valence electrons. The molecule has 0 saturated heterocycles. The minimum absolute atomic E-state index is 0.00533. The van der Waals surface area contributed by atoms with Crippen LogP contribution < -0.4 is 0 Å². The van der Waals surface area contributed by atoms with E-state index in [0.29, 0.717) is 32.1 Å². The predicted molar refractivity (Wildman–Crippen MR) is 445 cm³/mol. The summed E-state index contributed by atoms with van der Waals surface area (Å²) in [5.74, 6) is -2.32. The third kappa shape index (κ3) is 78.5. The maximum Gasteiger partial charge on any atom is 0.472 e. The van der Waals surface area contributed by atoms with Gasteiger partial charge in [0.05, 0.1) is 26.4 Å². The fraction of sp³-hybridized carbons (Fsp3) is 0.640. The van der Waals surface area contributed by atoms with Crippen molar-refractivity contribution in [2.24, 2.45) is 0 Å². The molecular weight excluding hydrogens is 1400 g/mol. The summed E-state index contributed by atoms with van der Waals surface area (Å²) in [6, 6.07) is 0. The van der Waals surface area contributed by atoms with Crippen molar-refractivity contribution < 1.29 is 80.2 Å². The maximum atomic E-state index is 13.1. The van der Waals surface area contributed by atoms with Crippen LogP contribution in [0.4, 0.5) is 0 Å². The number of carbonyl (C=O) groups excluding carboxylic acids is 4. The van der Waals surface area contributed by atoms with Crippen molar-refractivity contribution >= 4 is 39.5 Å². The largest absolute Gasteiger partial charge is 0.472 e. The summed E-state index contributed by atoms with van der Waals surface area (Å²) in [5.41, 5.74) is 0. The van der Waals surface area contributed by atoms with E-state index in [-0.39, 0.29) is 25.7 Å². The lowest BCUT2D eigenvalue weighted by Crippen LogP contribution is -2.30. The monoisotopic (exact) mass is 1550 g/mol. The lowest BCUT2D eigenvalue weighted by Gasteiger charge is -2.21. The van der Waals surface area contributed by atoms with Crippen molar-refractivity contribution in [2.75, 3.05) is 39.6 Å². The molecule has 0 aliphatic heterocycles. The van der Waals surface area contributed by atoms with E-state index in [1.54, 1.807) is 0 Å². The molecule has 0 spiro atoms. The highest BCUT2D eigenvalue weighted by Gasteiger charge is 2.30. The average Bonchev–Trinajstić information content (AvgIpc) is 0.886. The molecule has 0 radical (unpaired) electrons. The zero-order valence-corrected chi connectivity index (χ0v) is 69.0. The van der Waals surface area contributed by atoms with Gasteiger partial charge in [-0.3, -0.25) is 37.3 Å². The van der Waals surface area contributed by atoms with Crippen molar-refractivity contribution in [3.63, 3.8) is 0 Å². The van der Waals surface area contributed by atoms with Gasteiger partial charge in [0.1, 0.15) is 19.3 Å². The Balaban J connectivity index is 5.48. The average molecular weight is 1550 g/mol. The zero-order valence-electron chi connectivity index (χ0n) is 67.2. The molecule has 0 rings (SSSR count). The highest BCUT2D eigenvalue weighted by Crippen LogP contribution is 2.45. The first kappa shape index (κ1) is 102. The number of esters is 4. The summed E-state index contributed by atoms with van der Waals surface area (Å²) in [6.07, 6.45) is 94.7. The molecule has 0 saturated carbocycles. The van der Waals surface area contributed by atoms with Crippen molar-refractivity contribution in [1.29, 1.82) is 0 Å². The number of hydrogen-bond donors (Lipinski definition) is 3. The number of carbonyl (C=O) groups is 4. The topological polar surface area (TPSA) is 237 Å². The molecule has 2 unspecified atom stereocenters. The molecule has 0 aromatic rings. The molecule has 17 nitrogen and oxygen atoms in total. The number of hydrogen-bond acceptors (Lipinski definition) is 15. The molecule has 0 aliphatic rings. The molecule has 0 fully saturated rings. The first-order valence-corrected chi connectivity index (χ1v) is 44.4. The fourth-order valence-corrected chi connectivity index (χ4v) is 12.0. The number of unbranched alkanes of at least 4 members (excludes halogenated alkanes) is 22. The van der Waals surface area contributed by atoms with Crippen LogP contribution >= 0.6 is 15.6 Å². The Kier molecular flexibility index (Phi) is 75.4. The quantitative estimate of drug-likeness (QED) is 0.0169. The fourth-order valence-electron chi connectivity index (χ4n) is 10.4. The van der Waals surface area contributed by atoms with Crippen LogP contribution in [0.5, 0.6) is 0 Å². The number of phosphoric acid groups is 2. The molecule has 0 aromatic heterocycles. The van der Waals surface area contributed by atoms with Crippen molar-refractivity contribution in [2.45, 2.75) is 329 Å². The lowest BCUT2D eigenvalue weighted by atomic mass is 10.0. The van der Waals surface area contributed by atoms with E-state index in [4.69, 9.17) is 37.0 Å². The van der Waals surface area contributed by atoms with Crippen LogP contribution in [0.2, 0.25) is 0 Å². The smallest absolute Gasteiger partial charge is 0.462 e. The highest BCUT2D eigenvalue weighted by molar-refractivity contribution is 7.47. The van der Waals surface area contributed by atoms with Crippen molar-refractivity contribution in [3.05, 3.63) is 170 Å². The molecule has 19 heteroatoms. The van der Waals surface area contributed by atoms with Gasteiger partial charge in [-0.25, -0.2) is 9.13 Å². The third-order valence-corrected chi connectivity index (χ3v) is 18.6. The molecule has 0 heterocycles. The molecular formula is C89H146O17P2. The van der Waals surface area contributed by atoms with E-state index in [1.165, 1.54) is 70.6 Å². The van der Waals surface area contributed by atoms with E-state index in [1.807, 2.05) is 12.2 Å². The Labute approximate surface area is 654 Å². The standard InChI is InChI=1S/C89H146O17P2/c1-5-9-13-17-21-25-29-33-36-39-41-44-46-50-53-57-61-65-69-73-86(91)99-79-84(105-88(93)75-71-67-63-59-55-49-32-28-24-20-16-12-8-4)81-103-107(95,96)101-77-83(90)78-102-108(97,98)104-82-85(106-89(94)76-72-68-64-60-56-52-48-43-38-35-31-27-23-19-15-11-7-3)80-100-87(92)74-70-66-62-58-54-51-47-45-42-40-37-34-30-26-22-18-14-10-6-2/h9-10,13-14,21-23,25-27,33-38,41-42,44-45,48,50-54,60,64,83-85,90H,5-8,11-12,15-20,24,28-32,39-40,43,46-47,49,55-59,61-63,65-82H2,1-4H3,(H,95,96)(H,97,98)/b13-9-,14-10-,25-21-,26-22-,27-23-,36-33-,37-34-,38-35-,44-41-,45-42-,52-48-,53-50-,54-51-,64-60-/t83-,84+,85+/m0/s1. The summed E-state index contributed by atoms with van der Waals surface area (Å²) in [7, 11) is -10.0. The second kappa shape index (κ2) is 79.5. The number of rotatable bonds is 76. The van der Waals surface area contributed by atoms with Crippen molar-refractivity contribution in [1.82, 2.24) is 0 Å². The molecule has 0 bridgehead atoms. The molecule has 0 aromatic carbocycles. The van der Waals surface area contributed by atoms with Crippen LogP contribution in [0.3, 0.4) is 0 Å². The van der Waals surface area contributed by atoms with Crippen LogP contribution in [0.15, 0.2) is 170 Å². The minimum Gasteiger partial charge on any atom is -0.462 e. The molecule has 5 atom stereocenters. The van der Waals surface area contributed by atoms with E-state index in [9.17, 15) is 43.2 Å². The van der Waals surface area contributed by atoms with Crippen LogP contribution in [0.1, 0.15) is 310 Å². The zero-order chi connectivity index (χ0) is 78.9. The van der Waals surface area contributed by atoms with Crippen LogP contribution in [-0.2, 0) is 65.4 Å². The van der Waals surface area contributed by atoms with Gasteiger partial charge < -0.3 is 33.8 Å². The Morgan fingerprint density at radius 2 is 0.491 bits per heavy atom. The number of ether oxygens (including phenoxy) is 4. The van der Waals surface area contributed by atoms with E-state index >= 15 is 0 Å². The van der Waals surface area contributed by atoms with Gasteiger partial charge in [-0.15, -0.1) is 0 Å². The summed E-state index contributed by atoms with van der Waals surface area (Å²) >= 11 is 0. The molecule has 3 N–H and O–H groups in total. The van der Waals surface area contributed by atoms with Gasteiger partial charge >= 0.3 is 39.5 Å². The summed E-state index contributed by atoms with van der Waals surface area (Å²) in [6.45, 7) is 4.48. The third-order valence-electron chi connectivity index (χ3n) is 16.7. The SMILES string of the molecule is CC/C=C\C/C=C\C/C=C\C/C=C\C/C=C\CCCCCC(=O)OC[C@H](COP(=O)(O)OC[C@@H](O)COP(=O)(O)OC[C@@H](COC(=O)CCCCC/C=C\C/C=C\C/C=C\C/C=C\C/C=C\CC)OC(=O)CCCCCCCCCCCCCCC)OC(=O)CCC/C=C\C/C=C\C/C=C\C/C=C\CCCCC. The van der Waals surface area contributed by atoms with Gasteiger partial charge in [-0.05, 0) is 154 Å². The van der Waals surface area contributed by atoms with Gasteiger partial charge in [0.25, 0.3) is 0 Å². The lowest BCUT2D eigenvalue weighted by molar-refractivity contribution is -0.161. The van der Waals surface area contributed by atoms with Gasteiger partial charge in [-0.2, -0.15) is 0 Å². The number of aliphatic hydroxyl groups excluding tert-OH is 1. The number of allylic oxidation sites excluding steroid dienone is 28. The normalized spacial score (nSPS) is 14.7. The second-order valence-corrected chi connectivity index (χ2v) is 29.9. The molecule has 108 heavy (non-hydrogen) atoms. The highest BCUT2D eigenvalue weighted by atomic mass is 31.2. The Morgan fingerprint density at radius 1 is 0.269 bits per heavy atom. The molecule has 0 aliphatic carbocycles. The number of phosphoric ester groups is 2. The minimum atomic E-state index is -5.01. The van der Waals surface area contributed by atoms with Crippen molar-refractivity contribution in [3.8, 4) is 0 Å². The summed E-state index contributed by atoms with van der Waals surface area (Å²) in [4.78, 5) is 73.1. The van der Waals surface area contributed by atoms with Crippen LogP contribution in [0.25, 0.3) is 0 Å². The predicted octanol–water partition coefficient (Wildman–Crippen LogP) is 24.6. The number of aliphatic hydroxyl groups is 1. The van der Waals surface area contributed by atoms with Gasteiger partial charge in [0.15, 0.2) is 12.2 Å². The Morgan fingerprint density at radius 3 is 0.796 bits per heavy atom. The Hall–Kier alpha value is -5.58. The first-order chi connectivity index (χ1) is 52.7. The van der Waals surface area contributed by atoms with Gasteiger partial charge in [0.2, 0.25) is 0 Å². The Bertz CT molecular complexity index is 2710. The van der Waals surface area contributed by atoms with Crippen LogP contribution in [0, 0.1) is 0 Å². The summed E-state index contributed by atoms with van der Waals surface area (Å²) in [5, 5.41) is 10.7. The molecule has 0 amide bonds. The van der Waals surface area contributed by atoms with Crippen LogP contribution in [-0.4, -0.2) is 96.7 Å². The van der Waals surface area contributed by atoms with E-state index < -0.39 is 97.5 Å². The van der Waals surface area contributed by atoms with E-state index in [0.717, 1.165) is 154 Å². The first-order valence-electron chi connectivity index (χ1n) is 41.4. The van der Waals surface area contributed by atoms with Gasteiger partial charge in [0, 0.05) is 25.7 Å². The van der Waals surface area contributed by atoms with E-state index in [2.05, 4.69) is 186 Å². The maximum absolute atomic E-state index is 13.1. The summed E-state index contributed by atoms with van der Waals surface area (Å²) < 4.78 is 68.6. The van der Waals surface area contributed by atoms with Gasteiger partial charge in [-0.1, -0.05) is 301 Å².